The van der Waals surface area contributed by atoms with Gasteiger partial charge in [0.05, 0.1) is 0 Å². The molecule has 0 radical (unpaired) electrons. The first-order valence-electron chi connectivity index (χ1n) is 7.05. The van der Waals surface area contributed by atoms with E-state index in [4.69, 9.17) is 10.5 Å². The van der Waals surface area contributed by atoms with Crippen LogP contribution in [0, 0.1) is 28.6 Å². The van der Waals surface area contributed by atoms with E-state index < -0.39 is 0 Å². The average Bonchev–Trinajstić information content (AvgIpc) is 2.46. The van der Waals surface area contributed by atoms with Gasteiger partial charge in [-0.05, 0) is 42.5 Å². The van der Waals surface area contributed by atoms with Crippen LogP contribution in [0.4, 0.5) is 0 Å². The molecule has 0 aliphatic carbocycles. The van der Waals surface area contributed by atoms with Crippen molar-refractivity contribution < 1.29 is 0 Å². The van der Waals surface area contributed by atoms with Crippen molar-refractivity contribution in [1.29, 1.82) is 10.5 Å². The summed E-state index contributed by atoms with van der Waals surface area (Å²) in [6, 6.07) is 11.9. The van der Waals surface area contributed by atoms with E-state index in [1.165, 1.54) is 18.4 Å². The van der Waals surface area contributed by atoms with Crippen LogP contribution in [0.2, 0.25) is 0 Å². The van der Waals surface area contributed by atoms with Crippen LogP contribution in [-0.2, 0) is 6.54 Å². The van der Waals surface area contributed by atoms with Crippen molar-refractivity contribution in [2.75, 3.05) is 13.1 Å². The highest BCUT2D eigenvalue weighted by atomic mass is 15.1. The number of hydrogen-bond donors (Lipinski definition) is 0. The fourth-order valence-corrected chi connectivity index (χ4v) is 2.74. The number of nitrogens with zero attached hydrogens (tertiary/aromatic N) is 3. The van der Waals surface area contributed by atoms with Crippen LogP contribution in [0.1, 0.15) is 30.9 Å². The van der Waals surface area contributed by atoms with Gasteiger partial charge < -0.3 is 0 Å². The molecule has 1 saturated heterocycles. The molecule has 0 spiro atoms. The number of piperidine rings is 1. The number of allylic oxidation sites excluding steroid dienone is 1. The largest absolute Gasteiger partial charge is 0.299 e. The Labute approximate surface area is 120 Å². The third-order valence-electron chi connectivity index (χ3n) is 3.73. The zero-order chi connectivity index (χ0) is 14.4. The first kappa shape index (κ1) is 14.3. The summed E-state index contributed by atoms with van der Waals surface area (Å²) in [5.74, 6) is 0.750. The first-order valence-corrected chi connectivity index (χ1v) is 7.05. The minimum atomic E-state index is 0.157. The van der Waals surface area contributed by atoms with Gasteiger partial charge in [-0.1, -0.05) is 31.2 Å². The number of benzene rings is 1. The number of nitriles is 2. The predicted molar refractivity (Wildman–Crippen MR) is 79.3 cm³/mol. The van der Waals surface area contributed by atoms with Gasteiger partial charge in [-0.2, -0.15) is 10.5 Å². The molecule has 0 bridgehead atoms. The molecule has 1 aromatic carbocycles. The minimum absolute atomic E-state index is 0.157. The Hall–Kier alpha value is -2.10. The summed E-state index contributed by atoms with van der Waals surface area (Å²) >= 11 is 0. The molecule has 1 aromatic rings. The lowest BCUT2D eigenvalue weighted by Gasteiger charge is -2.31. The van der Waals surface area contributed by atoms with Crippen LogP contribution in [0.15, 0.2) is 29.8 Å². The Morgan fingerprint density at radius 1 is 1.35 bits per heavy atom. The summed E-state index contributed by atoms with van der Waals surface area (Å²) in [5, 5.41) is 17.8. The van der Waals surface area contributed by atoms with Gasteiger partial charge in [0.2, 0.25) is 0 Å². The molecule has 3 heteroatoms. The summed E-state index contributed by atoms with van der Waals surface area (Å²) in [5.41, 5.74) is 2.32. The van der Waals surface area contributed by atoms with E-state index in [1.54, 1.807) is 6.08 Å². The highest BCUT2D eigenvalue weighted by Gasteiger charge is 2.16. The van der Waals surface area contributed by atoms with Crippen LogP contribution in [0.25, 0.3) is 6.08 Å². The molecule has 1 atom stereocenters. The first-order chi connectivity index (χ1) is 9.72. The molecule has 2 rings (SSSR count). The third-order valence-corrected chi connectivity index (χ3v) is 3.73. The second-order valence-electron chi connectivity index (χ2n) is 5.46. The van der Waals surface area contributed by atoms with Crippen LogP contribution in [-0.4, -0.2) is 18.0 Å². The molecule has 20 heavy (non-hydrogen) atoms. The molecule has 1 heterocycles. The molecule has 0 aromatic heterocycles. The van der Waals surface area contributed by atoms with Crippen LogP contribution >= 0.6 is 0 Å². The molecule has 3 nitrogen and oxygen atoms in total. The standard InChI is InChI=1S/C17H19N3/c1-14-5-4-8-20(12-14)13-17-7-3-2-6-16(17)9-15(10-18)11-19/h2-3,6-7,9,14H,4-5,8,12-13H2,1H3. The Morgan fingerprint density at radius 3 is 2.80 bits per heavy atom. The van der Waals surface area contributed by atoms with E-state index in [-0.39, 0.29) is 5.57 Å². The zero-order valence-corrected chi connectivity index (χ0v) is 11.8. The Balaban J connectivity index is 2.18. The maximum atomic E-state index is 8.88. The van der Waals surface area contributed by atoms with Crippen molar-refractivity contribution in [2.24, 2.45) is 5.92 Å². The van der Waals surface area contributed by atoms with Crippen molar-refractivity contribution in [3.8, 4) is 12.1 Å². The molecule has 1 aliphatic heterocycles. The van der Waals surface area contributed by atoms with Crippen LogP contribution in [0.3, 0.4) is 0 Å². The Kier molecular flexibility index (Phi) is 4.93. The Morgan fingerprint density at radius 2 is 2.10 bits per heavy atom. The predicted octanol–water partition coefficient (Wildman–Crippen LogP) is 3.35. The normalized spacial score (nSPS) is 18.9. The van der Waals surface area contributed by atoms with E-state index in [0.717, 1.165) is 31.1 Å². The van der Waals surface area contributed by atoms with Gasteiger partial charge >= 0.3 is 0 Å². The quantitative estimate of drug-likeness (QED) is 0.787. The maximum Gasteiger partial charge on any atom is 0.130 e. The lowest BCUT2D eigenvalue weighted by Crippen LogP contribution is -2.33. The van der Waals surface area contributed by atoms with E-state index >= 15 is 0 Å². The van der Waals surface area contributed by atoms with Gasteiger partial charge in [-0.25, -0.2) is 0 Å². The summed E-state index contributed by atoms with van der Waals surface area (Å²) in [6.07, 6.45) is 4.24. The topological polar surface area (TPSA) is 50.8 Å². The molecular weight excluding hydrogens is 246 g/mol. The number of hydrogen-bond acceptors (Lipinski definition) is 3. The summed E-state index contributed by atoms with van der Waals surface area (Å²) in [7, 11) is 0. The molecule has 102 valence electrons. The van der Waals surface area contributed by atoms with E-state index in [0.29, 0.717) is 0 Å². The zero-order valence-electron chi connectivity index (χ0n) is 11.8. The van der Waals surface area contributed by atoms with Crippen molar-refractivity contribution in [3.05, 3.63) is 41.0 Å². The maximum absolute atomic E-state index is 8.88. The van der Waals surface area contributed by atoms with Crippen LogP contribution < -0.4 is 0 Å². The van der Waals surface area contributed by atoms with Crippen molar-refractivity contribution >= 4 is 6.08 Å². The molecule has 0 amide bonds. The lowest BCUT2D eigenvalue weighted by atomic mass is 9.98. The average molecular weight is 265 g/mol. The van der Waals surface area contributed by atoms with Gasteiger partial charge in [-0.15, -0.1) is 0 Å². The molecule has 0 N–H and O–H groups in total. The van der Waals surface area contributed by atoms with Gasteiger partial charge in [0.25, 0.3) is 0 Å². The molecular formula is C17H19N3. The lowest BCUT2D eigenvalue weighted by molar-refractivity contribution is 0.176. The molecule has 1 aliphatic rings. The fourth-order valence-electron chi connectivity index (χ4n) is 2.74. The van der Waals surface area contributed by atoms with Gasteiger partial charge in [0.1, 0.15) is 17.7 Å². The summed E-state index contributed by atoms with van der Waals surface area (Å²) in [6.45, 7) is 5.44. The highest BCUT2D eigenvalue weighted by molar-refractivity contribution is 5.64. The smallest absolute Gasteiger partial charge is 0.130 e. The van der Waals surface area contributed by atoms with Gasteiger partial charge in [0.15, 0.2) is 0 Å². The van der Waals surface area contributed by atoms with Crippen molar-refractivity contribution in [1.82, 2.24) is 4.90 Å². The second-order valence-corrected chi connectivity index (χ2v) is 5.46. The minimum Gasteiger partial charge on any atom is -0.299 e. The van der Waals surface area contributed by atoms with Gasteiger partial charge in [-0.3, -0.25) is 4.90 Å². The molecule has 0 saturated carbocycles. The summed E-state index contributed by atoms with van der Waals surface area (Å²) < 4.78 is 0. The molecule has 1 fully saturated rings. The second kappa shape index (κ2) is 6.89. The Bertz CT molecular complexity index is 559. The third kappa shape index (κ3) is 3.70. The fraction of sp³-hybridized carbons (Fsp3) is 0.412. The van der Waals surface area contributed by atoms with Gasteiger partial charge in [0, 0.05) is 13.1 Å². The van der Waals surface area contributed by atoms with E-state index in [1.807, 2.05) is 30.3 Å². The number of likely N-dealkylation sites (tertiary alicyclic amines) is 1. The van der Waals surface area contributed by atoms with Crippen LogP contribution in [0.5, 0.6) is 0 Å². The van der Waals surface area contributed by atoms with E-state index in [9.17, 15) is 0 Å². The molecule has 1 unspecified atom stereocenters. The van der Waals surface area contributed by atoms with E-state index in [2.05, 4.69) is 17.9 Å². The number of rotatable bonds is 3. The van der Waals surface area contributed by atoms with Crippen molar-refractivity contribution in [2.45, 2.75) is 26.3 Å². The summed E-state index contributed by atoms with van der Waals surface area (Å²) in [4.78, 5) is 2.46. The SMILES string of the molecule is CC1CCCN(Cc2ccccc2C=C(C#N)C#N)C1. The monoisotopic (exact) mass is 265 g/mol. The highest BCUT2D eigenvalue weighted by Crippen LogP contribution is 2.20. The van der Waals surface area contributed by atoms with Crippen molar-refractivity contribution in [3.63, 3.8) is 0 Å².